The van der Waals surface area contributed by atoms with Crippen LogP contribution in [0.25, 0.3) is 5.52 Å². The third-order valence-electron chi connectivity index (χ3n) is 6.56. The molecule has 9 nitrogen and oxygen atoms in total. The van der Waals surface area contributed by atoms with Gasteiger partial charge in [0.2, 0.25) is 0 Å². The first-order chi connectivity index (χ1) is 14.5. The first-order valence-corrected chi connectivity index (χ1v) is 10.8. The molecule has 3 aromatic heterocycles. The van der Waals surface area contributed by atoms with Crippen LogP contribution in [0.2, 0.25) is 0 Å². The average molecular weight is 412 g/mol. The van der Waals surface area contributed by atoms with Crippen molar-refractivity contribution in [1.29, 1.82) is 0 Å². The molecule has 2 fully saturated rings. The summed E-state index contributed by atoms with van der Waals surface area (Å²) in [6.45, 7) is 8.40. The van der Waals surface area contributed by atoms with Gasteiger partial charge in [0.1, 0.15) is 11.6 Å². The number of rotatable bonds is 4. The van der Waals surface area contributed by atoms with E-state index in [1.54, 1.807) is 10.7 Å². The summed E-state index contributed by atoms with van der Waals surface area (Å²) in [5.41, 5.74) is 2.65. The normalized spacial score (nSPS) is 23.6. The lowest BCUT2D eigenvalue weighted by Crippen LogP contribution is -2.24. The number of nitrogens with one attached hydrogen (secondary N) is 1. The molecule has 5 rings (SSSR count). The van der Waals surface area contributed by atoms with Gasteiger partial charge < -0.3 is 9.72 Å². The number of fused-ring (bicyclic) bond motifs is 1. The van der Waals surface area contributed by atoms with Gasteiger partial charge in [-0.2, -0.15) is 10.2 Å². The van der Waals surface area contributed by atoms with Crippen LogP contribution in [0.5, 0.6) is 0 Å². The standard InChI is InChI=1S/C21H29N7O2/c1-13-10-27(11-16-8-14(2)24-26(16)3)12-17(13)19-23-21(29)18-9-22-20(28(18)25-19)15-4-6-30-7-5-15/h8-9,13,15,17H,4-7,10-12H2,1-3H3,(H,23,25,29). The van der Waals surface area contributed by atoms with Crippen molar-refractivity contribution >= 4 is 5.52 Å². The second kappa shape index (κ2) is 7.63. The number of imidazole rings is 1. The molecule has 0 aliphatic carbocycles. The zero-order chi connectivity index (χ0) is 20.8. The number of H-pyrrole nitrogens is 1. The van der Waals surface area contributed by atoms with Gasteiger partial charge in [-0.15, -0.1) is 0 Å². The molecule has 9 heteroatoms. The van der Waals surface area contributed by atoms with Gasteiger partial charge in [0.15, 0.2) is 5.52 Å². The number of hydrogen-bond donors (Lipinski definition) is 1. The molecule has 2 aliphatic rings. The van der Waals surface area contributed by atoms with Gasteiger partial charge >= 0.3 is 0 Å². The summed E-state index contributed by atoms with van der Waals surface area (Å²) in [4.78, 5) is 22.8. The van der Waals surface area contributed by atoms with E-state index in [4.69, 9.17) is 9.84 Å². The highest BCUT2D eigenvalue weighted by atomic mass is 16.5. The van der Waals surface area contributed by atoms with Crippen LogP contribution >= 0.6 is 0 Å². The molecule has 0 saturated carbocycles. The highest BCUT2D eigenvalue weighted by Crippen LogP contribution is 2.31. The van der Waals surface area contributed by atoms with E-state index >= 15 is 0 Å². The number of aryl methyl sites for hydroxylation is 2. The molecule has 2 aliphatic heterocycles. The van der Waals surface area contributed by atoms with E-state index in [0.29, 0.717) is 11.4 Å². The number of ether oxygens (including phenoxy) is 1. The van der Waals surface area contributed by atoms with Gasteiger partial charge in [0, 0.05) is 51.7 Å². The quantitative estimate of drug-likeness (QED) is 0.701. The van der Waals surface area contributed by atoms with Crippen molar-refractivity contribution in [3.05, 3.63) is 45.7 Å². The minimum absolute atomic E-state index is 0.112. The first-order valence-electron chi connectivity index (χ1n) is 10.8. The summed E-state index contributed by atoms with van der Waals surface area (Å²) < 4.78 is 9.22. The molecular weight excluding hydrogens is 382 g/mol. The van der Waals surface area contributed by atoms with Crippen LogP contribution in [-0.4, -0.2) is 60.6 Å². The van der Waals surface area contributed by atoms with Crippen LogP contribution < -0.4 is 5.56 Å². The van der Waals surface area contributed by atoms with Crippen molar-refractivity contribution in [2.75, 3.05) is 26.3 Å². The number of nitrogens with zero attached hydrogens (tertiary/aromatic N) is 6. The molecule has 0 bridgehead atoms. The van der Waals surface area contributed by atoms with Crippen molar-refractivity contribution < 1.29 is 4.74 Å². The molecule has 2 saturated heterocycles. The van der Waals surface area contributed by atoms with Crippen LogP contribution in [0.15, 0.2) is 17.1 Å². The predicted molar refractivity (Wildman–Crippen MR) is 112 cm³/mol. The van der Waals surface area contributed by atoms with Gasteiger partial charge in [-0.3, -0.25) is 14.4 Å². The monoisotopic (exact) mass is 411 g/mol. The molecule has 3 aromatic rings. The highest BCUT2D eigenvalue weighted by Gasteiger charge is 2.34. The Labute approximate surface area is 175 Å². The molecule has 0 radical (unpaired) electrons. The van der Waals surface area contributed by atoms with E-state index in [0.717, 1.165) is 63.0 Å². The van der Waals surface area contributed by atoms with E-state index < -0.39 is 0 Å². The number of aromatic nitrogens is 6. The van der Waals surface area contributed by atoms with Gasteiger partial charge in [-0.25, -0.2) is 9.50 Å². The van der Waals surface area contributed by atoms with Crippen molar-refractivity contribution in [3.63, 3.8) is 0 Å². The van der Waals surface area contributed by atoms with Gasteiger partial charge in [-0.05, 0) is 31.7 Å². The maximum Gasteiger partial charge on any atom is 0.276 e. The second-order valence-electron chi connectivity index (χ2n) is 8.82. The summed E-state index contributed by atoms with van der Waals surface area (Å²) in [6, 6.07) is 2.13. The molecule has 30 heavy (non-hydrogen) atoms. The average Bonchev–Trinajstić information content (AvgIpc) is 3.40. The molecule has 0 aromatic carbocycles. The second-order valence-corrected chi connectivity index (χ2v) is 8.82. The van der Waals surface area contributed by atoms with Gasteiger partial charge in [-0.1, -0.05) is 6.92 Å². The lowest BCUT2D eigenvalue weighted by atomic mass is 9.97. The number of hydrogen-bond acceptors (Lipinski definition) is 6. The number of likely N-dealkylation sites (tertiary alicyclic amines) is 1. The minimum atomic E-state index is -0.112. The Kier molecular flexibility index (Phi) is 4.94. The van der Waals surface area contributed by atoms with Crippen LogP contribution in [0.1, 0.15) is 54.6 Å². The van der Waals surface area contributed by atoms with E-state index in [2.05, 4.69) is 33.0 Å². The fraction of sp³-hybridized carbons (Fsp3) is 0.619. The Morgan fingerprint density at radius 3 is 2.77 bits per heavy atom. The Hall–Kier alpha value is -2.52. The third kappa shape index (κ3) is 3.45. The largest absolute Gasteiger partial charge is 0.381 e. The molecule has 5 heterocycles. The Balaban J connectivity index is 1.42. The lowest BCUT2D eigenvalue weighted by molar-refractivity contribution is 0.0832. The van der Waals surface area contributed by atoms with Crippen molar-refractivity contribution in [2.45, 2.75) is 45.1 Å². The molecule has 2 atom stereocenters. The minimum Gasteiger partial charge on any atom is -0.381 e. The van der Waals surface area contributed by atoms with E-state index in [1.807, 2.05) is 18.7 Å². The molecule has 160 valence electrons. The maximum atomic E-state index is 12.8. The highest BCUT2D eigenvalue weighted by molar-refractivity contribution is 5.42. The summed E-state index contributed by atoms with van der Waals surface area (Å²) in [5.74, 6) is 2.51. The topological polar surface area (TPSA) is 93.3 Å². The van der Waals surface area contributed by atoms with Crippen LogP contribution in [-0.2, 0) is 18.3 Å². The van der Waals surface area contributed by atoms with Crippen LogP contribution in [0.4, 0.5) is 0 Å². The number of aromatic amines is 1. The molecule has 2 unspecified atom stereocenters. The maximum absolute atomic E-state index is 12.8. The van der Waals surface area contributed by atoms with E-state index in [9.17, 15) is 4.79 Å². The zero-order valence-electron chi connectivity index (χ0n) is 17.8. The Bertz CT molecular complexity index is 1110. The van der Waals surface area contributed by atoms with Crippen molar-refractivity contribution in [1.82, 2.24) is 34.3 Å². The summed E-state index contributed by atoms with van der Waals surface area (Å²) in [6.07, 6.45) is 3.48. The summed E-state index contributed by atoms with van der Waals surface area (Å²) in [5, 5.41) is 9.33. The van der Waals surface area contributed by atoms with E-state index in [1.165, 1.54) is 5.69 Å². The predicted octanol–water partition coefficient (Wildman–Crippen LogP) is 1.59. The van der Waals surface area contributed by atoms with E-state index in [-0.39, 0.29) is 17.4 Å². The molecule has 0 amide bonds. The van der Waals surface area contributed by atoms with Crippen molar-refractivity contribution in [3.8, 4) is 0 Å². The van der Waals surface area contributed by atoms with Crippen LogP contribution in [0.3, 0.4) is 0 Å². The molecule has 1 N–H and O–H groups in total. The summed E-state index contributed by atoms with van der Waals surface area (Å²) in [7, 11) is 1.99. The molecule has 0 spiro atoms. The Morgan fingerprint density at radius 2 is 2.03 bits per heavy atom. The summed E-state index contributed by atoms with van der Waals surface area (Å²) >= 11 is 0. The Morgan fingerprint density at radius 1 is 1.23 bits per heavy atom. The van der Waals surface area contributed by atoms with Gasteiger partial charge in [0.25, 0.3) is 5.56 Å². The fourth-order valence-corrected chi connectivity index (χ4v) is 4.93. The zero-order valence-corrected chi connectivity index (χ0v) is 17.8. The van der Waals surface area contributed by atoms with Crippen LogP contribution in [0, 0.1) is 12.8 Å². The van der Waals surface area contributed by atoms with Crippen molar-refractivity contribution in [2.24, 2.45) is 13.0 Å². The lowest BCUT2D eigenvalue weighted by Gasteiger charge is -2.21. The fourth-order valence-electron chi connectivity index (χ4n) is 4.93. The SMILES string of the molecule is Cc1cc(CN2CC(C)C(c3nn4c(C5CCOCC5)ncc4c(=O)[nH]3)C2)n(C)n1. The third-order valence-corrected chi connectivity index (χ3v) is 6.56. The first kappa shape index (κ1) is 19.4. The molecular formula is C21H29N7O2. The smallest absolute Gasteiger partial charge is 0.276 e. The van der Waals surface area contributed by atoms with Gasteiger partial charge in [0.05, 0.1) is 17.6 Å².